The van der Waals surface area contributed by atoms with E-state index in [2.05, 4.69) is 20.2 Å². The Kier molecular flexibility index (Phi) is 4.75. The highest BCUT2D eigenvalue weighted by Crippen LogP contribution is 2.18. The Labute approximate surface area is 135 Å². The standard InChI is InChI=1S/C16H19ClN4O/c17-13-3-1-12(2-4-13)11-19-16-18-8-5-15(20-16)21-9-6-14(22)7-10-21/h1-5,8,14,22H,6-7,9-11H2,(H,18,19,20). The molecule has 0 aliphatic carbocycles. The quantitative estimate of drug-likeness (QED) is 0.907. The molecule has 0 spiro atoms. The van der Waals surface area contributed by atoms with Gasteiger partial charge in [-0.2, -0.15) is 4.98 Å². The van der Waals surface area contributed by atoms with Gasteiger partial charge >= 0.3 is 0 Å². The Bertz CT molecular complexity index is 612. The van der Waals surface area contributed by atoms with Crippen LogP contribution in [0.15, 0.2) is 36.5 Å². The lowest BCUT2D eigenvalue weighted by atomic mass is 10.1. The van der Waals surface area contributed by atoms with Crippen LogP contribution in [-0.4, -0.2) is 34.3 Å². The van der Waals surface area contributed by atoms with Crippen LogP contribution in [0.5, 0.6) is 0 Å². The molecule has 5 nitrogen and oxygen atoms in total. The molecule has 1 fully saturated rings. The summed E-state index contributed by atoms with van der Waals surface area (Å²) in [6.07, 6.45) is 3.16. The highest BCUT2D eigenvalue weighted by molar-refractivity contribution is 6.30. The van der Waals surface area contributed by atoms with Crippen LogP contribution in [0, 0.1) is 0 Å². The molecule has 3 rings (SSSR count). The van der Waals surface area contributed by atoms with Gasteiger partial charge in [0.15, 0.2) is 0 Å². The van der Waals surface area contributed by atoms with Gasteiger partial charge in [-0.15, -0.1) is 0 Å². The SMILES string of the molecule is OC1CCN(c2ccnc(NCc3ccc(Cl)cc3)n2)CC1. The normalized spacial score (nSPS) is 15.8. The van der Waals surface area contributed by atoms with E-state index in [9.17, 15) is 5.11 Å². The third-order valence-corrected chi connectivity index (χ3v) is 4.05. The Morgan fingerprint density at radius 1 is 1.18 bits per heavy atom. The summed E-state index contributed by atoms with van der Waals surface area (Å²) >= 11 is 5.88. The van der Waals surface area contributed by atoms with Crippen LogP contribution in [0.25, 0.3) is 0 Å². The number of halogens is 1. The van der Waals surface area contributed by atoms with Gasteiger partial charge in [0.05, 0.1) is 6.10 Å². The summed E-state index contributed by atoms with van der Waals surface area (Å²) in [7, 11) is 0. The summed E-state index contributed by atoms with van der Waals surface area (Å²) in [6, 6.07) is 9.60. The van der Waals surface area contributed by atoms with Gasteiger partial charge in [0.1, 0.15) is 5.82 Å². The summed E-state index contributed by atoms with van der Waals surface area (Å²) in [5, 5.41) is 13.5. The second-order valence-electron chi connectivity index (χ2n) is 5.44. The van der Waals surface area contributed by atoms with Crippen molar-refractivity contribution < 1.29 is 5.11 Å². The van der Waals surface area contributed by atoms with E-state index in [1.54, 1.807) is 6.20 Å². The van der Waals surface area contributed by atoms with E-state index < -0.39 is 0 Å². The molecule has 2 N–H and O–H groups in total. The number of hydrogen-bond acceptors (Lipinski definition) is 5. The molecular weight excluding hydrogens is 300 g/mol. The summed E-state index contributed by atoms with van der Waals surface area (Å²) in [4.78, 5) is 11.0. The van der Waals surface area contributed by atoms with Gasteiger partial charge in [0, 0.05) is 30.9 Å². The third-order valence-electron chi connectivity index (χ3n) is 3.79. The van der Waals surface area contributed by atoms with Gasteiger partial charge in [-0.3, -0.25) is 0 Å². The Morgan fingerprint density at radius 2 is 1.91 bits per heavy atom. The van der Waals surface area contributed by atoms with Gasteiger partial charge in [0.25, 0.3) is 0 Å². The van der Waals surface area contributed by atoms with Crippen LogP contribution in [-0.2, 0) is 6.54 Å². The van der Waals surface area contributed by atoms with Crippen molar-refractivity contribution in [2.24, 2.45) is 0 Å². The second-order valence-corrected chi connectivity index (χ2v) is 5.87. The van der Waals surface area contributed by atoms with E-state index in [0.717, 1.165) is 42.3 Å². The van der Waals surface area contributed by atoms with Gasteiger partial charge in [0.2, 0.25) is 5.95 Å². The van der Waals surface area contributed by atoms with Crippen LogP contribution in [0.1, 0.15) is 18.4 Å². The third kappa shape index (κ3) is 3.87. The van der Waals surface area contributed by atoms with E-state index in [1.165, 1.54) is 0 Å². The topological polar surface area (TPSA) is 61.3 Å². The fraction of sp³-hybridized carbons (Fsp3) is 0.375. The second kappa shape index (κ2) is 6.94. The molecule has 2 heterocycles. The minimum atomic E-state index is -0.180. The molecule has 1 aliphatic heterocycles. The van der Waals surface area contributed by atoms with Crippen molar-refractivity contribution in [1.29, 1.82) is 0 Å². The molecule has 0 unspecified atom stereocenters. The molecule has 116 valence electrons. The monoisotopic (exact) mass is 318 g/mol. The number of piperidine rings is 1. The average molecular weight is 319 g/mol. The molecule has 22 heavy (non-hydrogen) atoms. The largest absolute Gasteiger partial charge is 0.393 e. The maximum absolute atomic E-state index is 9.58. The van der Waals surface area contributed by atoms with E-state index in [4.69, 9.17) is 11.6 Å². The van der Waals surface area contributed by atoms with Crippen molar-refractivity contribution in [2.75, 3.05) is 23.3 Å². The molecule has 0 saturated carbocycles. The Morgan fingerprint density at radius 3 is 2.64 bits per heavy atom. The molecule has 1 aliphatic rings. The molecule has 2 aromatic rings. The number of aromatic nitrogens is 2. The van der Waals surface area contributed by atoms with Gasteiger partial charge in [-0.25, -0.2) is 4.98 Å². The molecule has 0 radical (unpaired) electrons. The van der Waals surface area contributed by atoms with E-state index in [-0.39, 0.29) is 6.10 Å². The first-order valence-corrected chi connectivity index (χ1v) is 7.83. The first kappa shape index (κ1) is 15.1. The van der Waals surface area contributed by atoms with E-state index >= 15 is 0 Å². The summed E-state index contributed by atoms with van der Waals surface area (Å²) < 4.78 is 0. The number of nitrogens with zero attached hydrogens (tertiary/aromatic N) is 3. The molecule has 6 heteroatoms. The fourth-order valence-corrected chi connectivity index (χ4v) is 2.61. The van der Waals surface area contributed by atoms with Crippen LogP contribution in [0.3, 0.4) is 0 Å². The lowest BCUT2D eigenvalue weighted by Crippen LogP contribution is -2.36. The molecule has 1 aromatic carbocycles. The fourth-order valence-electron chi connectivity index (χ4n) is 2.49. The van der Waals surface area contributed by atoms with Gasteiger partial charge in [-0.1, -0.05) is 23.7 Å². The first-order valence-electron chi connectivity index (χ1n) is 7.45. The first-order chi connectivity index (χ1) is 10.7. The van der Waals surface area contributed by atoms with Crippen molar-refractivity contribution in [1.82, 2.24) is 9.97 Å². The van der Waals surface area contributed by atoms with E-state index in [1.807, 2.05) is 30.3 Å². The molecular formula is C16H19ClN4O. The smallest absolute Gasteiger partial charge is 0.224 e. The number of hydrogen-bond donors (Lipinski definition) is 2. The molecule has 1 aromatic heterocycles. The highest BCUT2D eigenvalue weighted by Gasteiger charge is 2.18. The van der Waals surface area contributed by atoms with E-state index in [0.29, 0.717) is 12.5 Å². The van der Waals surface area contributed by atoms with Crippen molar-refractivity contribution in [3.05, 3.63) is 47.1 Å². The minimum absolute atomic E-state index is 0.180. The summed E-state index contributed by atoms with van der Waals surface area (Å²) in [5.74, 6) is 1.51. The molecule has 1 saturated heterocycles. The van der Waals surface area contributed by atoms with Gasteiger partial charge in [-0.05, 0) is 36.6 Å². The van der Waals surface area contributed by atoms with Crippen LogP contribution < -0.4 is 10.2 Å². The number of nitrogens with one attached hydrogen (secondary N) is 1. The predicted molar refractivity (Wildman–Crippen MR) is 88.3 cm³/mol. The summed E-state index contributed by atoms with van der Waals surface area (Å²) in [5.41, 5.74) is 1.12. The number of aliphatic hydroxyl groups excluding tert-OH is 1. The van der Waals surface area contributed by atoms with Crippen molar-refractivity contribution in [3.63, 3.8) is 0 Å². The number of aliphatic hydroxyl groups is 1. The highest BCUT2D eigenvalue weighted by atomic mass is 35.5. The predicted octanol–water partition coefficient (Wildman–Crippen LogP) is 2.70. The van der Waals surface area contributed by atoms with Gasteiger partial charge < -0.3 is 15.3 Å². The Balaban J connectivity index is 1.62. The molecule has 0 bridgehead atoms. The number of benzene rings is 1. The zero-order valence-corrected chi connectivity index (χ0v) is 13.0. The zero-order valence-electron chi connectivity index (χ0n) is 12.2. The molecule has 0 amide bonds. The summed E-state index contributed by atoms with van der Waals surface area (Å²) in [6.45, 7) is 2.31. The maximum atomic E-state index is 9.58. The average Bonchev–Trinajstić information content (AvgIpc) is 2.55. The van der Waals surface area contributed by atoms with Crippen molar-refractivity contribution in [2.45, 2.75) is 25.5 Å². The van der Waals surface area contributed by atoms with Crippen LogP contribution in [0.4, 0.5) is 11.8 Å². The molecule has 0 atom stereocenters. The Hall–Kier alpha value is -1.85. The number of rotatable bonds is 4. The number of anilines is 2. The lowest BCUT2D eigenvalue weighted by molar-refractivity contribution is 0.145. The van der Waals surface area contributed by atoms with Crippen LogP contribution >= 0.6 is 11.6 Å². The zero-order chi connectivity index (χ0) is 15.4. The maximum Gasteiger partial charge on any atom is 0.224 e. The van der Waals surface area contributed by atoms with Crippen molar-refractivity contribution >= 4 is 23.4 Å². The van der Waals surface area contributed by atoms with Crippen molar-refractivity contribution in [3.8, 4) is 0 Å². The minimum Gasteiger partial charge on any atom is -0.393 e. The lowest BCUT2D eigenvalue weighted by Gasteiger charge is -2.30. The van der Waals surface area contributed by atoms with Crippen LogP contribution in [0.2, 0.25) is 5.02 Å².